The number of morpholine rings is 1. The highest BCUT2D eigenvalue weighted by molar-refractivity contribution is 9.10. The summed E-state index contributed by atoms with van der Waals surface area (Å²) in [5.41, 5.74) is 2.84. The van der Waals surface area contributed by atoms with Crippen molar-refractivity contribution in [1.82, 2.24) is 14.8 Å². The van der Waals surface area contributed by atoms with E-state index >= 15 is 0 Å². The average Bonchev–Trinajstić information content (AvgIpc) is 3.18. The molecule has 30 heavy (non-hydrogen) atoms. The van der Waals surface area contributed by atoms with Gasteiger partial charge in [-0.05, 0) is 37.6 Å². The molecule has 0 saturated carbocycles. The highest BCUT2D eigenvalue weighted by atomic mass is 79.9. The van der Waals surface area contributed by atoms with Crippen LogP contribution in [0.25, 0.3) is 5.69 Å². The van der Waals surface area contributed by atoms with Crippen LogP contribution < -0.4 is 4.90 Å². The Kier molecular flexibility index (Phi) is 6.55. The zero-order valence-electron chi connectivity index (χ0n) is 16.9. The summed E-state index contributed by atoms with van der Waals surface area (Å²) in [6, 6.07) is 15.6. The number of nitrogens with zero attached hydrogens (tertiary/aromatic N) is 4. The summed E-state index contributed by atoms with van der Waals surface area (Å²) in [5, 5.41) is 9.39. The molecule has 0 radical (unpaired) electrons. The van der Waals surface area contributed by atoms with Crippen molar-refractivity contribution in [2.75, 3.05) is 31.2 Å². The largest absolute Gasteiger partial charge is 0.378 e. The Hall–Kier alpha value is -2.16. The SMILES string of the molecule is Cc1ccccc1-n1c(S[C@H](C)C(=O)c2ccc(Br)cc2)nnc1N1CCOCC1. The first-order valence-corrected chi connectivity index (χ1v) is 11.5. The fourth-order valence-electron chi connectivity index (χ4n) is 3.39. The molecule has 8 heteroatoms. The van der Waals surface area contributed by atoms with Crippen LogP contribution >= 0.6 is 27.7 Å². The summed E-state index contributed by atoms with van der Waals surface area (Å²) >= 11 is 4.85. The summed E-state index contributed by atoms with van der Waals surface area (Å²) < 4.78 is 8.52. The maximum Gasteiger partial charge on any atom is 0.232 e. The predicted octanol–water partition coefficient (Wildman–Crippen LogP) is 4.54. The Labute approximate surface area is 188 Å². The normalized spacial score (nSPS) is 15.2. The number of Topliss-reactive ketones (excluding diaryl/α,β-unsaturated/α-hetero) is 1. The summed E-state index contributed by atoms with van der Waals surface area (Å²) in [7, 11) is 0. The number of carbonyl (C=O) groups excluding carboxylic acids is 1. The van der Waals surface area contributed by atoms with E-state index in [-0.39, 0.29) is 11.0 Å². The Morgan fingerprint density at radius 1 is 1.10 bits per heavy atom. The molecular weight excluding hydrogens is 464 g/mol. The van der Waals surface area contributed by atoms with Crippen LogP contribution in [0.15, 0.2) is 58.2 Å². The topological polar surface area (TPSA) is 60.2 Å². The van der Waals surface area contributed by atoms with Gasteiger partial charge in [0.05, 0.1) is 24.2 Å². The molecule has 1 aliphatic rings. The number of anilines is 1. The summed E-state index contributed by atoms with van der Waals surface area (Å²) in [4.78, 5) is 15.2. The molecule has 0 bridgehead atoms. The Morgan fingerprint density at radius 2 is 1.80 bits per heavy atom. The van der Waals surface area contributed by atoms with Crippen LogP contribution in [-0.4, -0.2) is 52.1 Å². The van der Waals surface area contributed by atoms with Gasteiger partial charge < -0.3 is 9.64 Å². The van der Waals surface area contributed by atoms with Gasteiger partial charge in [0, 0.05) is 23.1 Å². The minimum absolute atomic E-state index is 0.0692. The van der Waals surface area contributed by atoms with Crippen LogP contribution in [0.1, 0.15) is 22.8 Å². The monoisotopic (exact) mass is 486 g/mol. The lowest BCUT2D eigenvalue weighted by Crippen LogP contribution is -2.38. The third-order valence-corrected chi connectivity index (χ3v) is 6.62. The van der Waals surface area contributed by atoms with Crippen molar-refractivity contribution >= 4 is 39.4 Å². The number of ketones is 1. The van der Waals surface area contributed by atoms with Crippen LogP contribution in [0.2, 0.25) is 0 Å². The molecule has 1 aliphatic heterocycles. The van der Waals surface area contributed by atoms with Gasteiger partial charge in [0.25, 0.3) is 0 Å². The standard InChI is InChI=1S/C22H23BrN4O2S/c1-15-5-3-4-6-19(15)27-21(26-11-13-29-14-12-26)24-25-22(27)30-16(2)20(28)17-7-9-18(23)10-8-17/h3-10,16H,11-14H2,1-2H3/t16-/m1/s1. The van der Waals surface area contributed by atoms with Crippen molar-refractivity contribution in [2.24, 2.45) is 0 Å². The molecule has 0 N–H and O–H groups in total. The van der Waals surface area contributed by atoms with Crippen molar-refractivity contribution < 1.29 is 9.53 Å². The van der Waals surface area contributed by atoms with Crippen LogP contribution in [-0.2, 0) is 4.74 Å². The fraction of sp³-hybridized carbons (Fsp3) is 0.318. The molecule has 0 spiro atoms. The van der Waals surface area contributed by atoms with Gasteiger partial charge in [-0.15, -0.1) is 10.2 Å². The minimum atomic E-state index is -0.296. The van der Waals surface area contributed by atoms with Gasteiger partial charge in [-0.25, -0.2) is 0 Å². The van der Waals surface area contributed by atoms with Crippen LogP contribution in [0, 0.1) is 6.92 Å². The molecule has 156 valence electrons. The first kappa shape index (κ1) is 21.1. The number of hydrogen-bond donors (Lipinski definition) is 0. The molecule has 3 aromatic rings. The van der Waals surface area contributed by atoms with Crippen molar-refractivity contribution in [3.63, 3.8) is 0 Å². The number of thioether (sulfide) groups is 1. The average molecular weight is 487 g/mol. The van der Waals surface area contributed by atoms with Crippen molar-refractivity contribution in [1.29, 1.82) is 0 Å². The van der Waals surface area contributed by atoms with Gasteiger partial charge in [0.1, 0.15) is 0 Å². The van der Waals surface area contributed by atoms with E-state index < -0.39 is 0 Å². The second-order valence-electron chi connectivity index (χ2n) is 7.14. The molecule has 6 nitrogen and oxygen atoms in total. The van der Waals surface area contributed by atoms with Crippen molar-refractivity contribution in [3.05, 3.63) is 64.1 Å². The summed E-state index contributed by atoms with van der Waals surface area (Å²) in [6.45, 7) is 6.86. The second-order valence-corrected chi connectivity index (χ2v) is 9.36. The second kappa shape index (κ2) is 9.32. The van der Waals surface area contributed by atoms with E-state index in [9.17, 15) is 4.79 Å². The lowest BCUT2D eigenvalue weighted by Gasteiger charge is -2.28. The number of aryl methyl sites for hydroxylation is 1. The fourth-order valence-corrected chi connectivity index (χ4v) is 4.59. The third-order valence-electron chi connectivity index (χ3n) is 5.05. The number of carbonyl (C=O) groups is 1. The van der Waals surface area contributed by atoms with Gasteiger partial charge in [0.15, 0.2) is 10.9 Å². The zero-order chi connectivity index (χ0) is 21.1. The van der Waals surface area contributed by atoms with Gasteiger partial charge in [-0.3, -0.25) is 9.36 Å². The molecule has 4 rings (SSSR count). The third kappa shape index (κ3) is 4.45. The molecule has 1 atom stereocenters. The van der Waals surface area contributed by atoms with E-state index in [1.807, 2.05) is 43.3 Å². The number of aromatic nitrogens is 3. The van der Waals surface area contributed by atoms with E-state index in [1.165, 1.54) is 11.8 Å². The molecule has 1 fully saturated rings. The van der Waals surface area contributed by atoms with E-state index in [2.05, 4.69) is 54.7 Å². The minimum Gasteiger partial charge on any atom is -0.378 e. The van der Waals surface area contributed by atoms with Gasteiger partial charge in [-0.1, -0.05) is 58.0 Å². The number of hydrogen-bond acceptors (Lipinski definition) is 6. The highest BCUT2D eigenvalue weighted by Crippen LogP contribution is 2.32. The number of halogens is 1. The van der Waals surface area contributed by atoms with E-state index in [0.29, 0.717) is 23.9 Å². The van der Waals surface area contributed by atoms with Crippen LogP contribution in [0.4, 0.5) is 5.95 Å². The predicted molar refractivity (Wildman–Crippen MR) is 123 cm³/mol. The van der Waals surface area contributed by atoms with Crippen LogP contribution in [0.3, 0.4) is 0 Å². The molecule has 0 unspecified atom stereocenters. The molecule has 2 heterocycles. The van der Waals surface area contributed by atoms with E-state index in [4.69, 9.17) is 4.74 Å². The number of rotatable bonds is 6. The zero-order valence-corrected chi connectivity index (χ0v) is 19.3. The van der Waals surface area contributed by atoms with Crippen molar-refractivity contribution in [3.8, 4) is 5.69 Å². The molecule has 0 aliphatic carbocycles. The van der Waals surface area contributed by atoms with E-state index in [0.717, 1.165) is 34.8 Å². The smallest absolute Gasteiger partial charge is 0.232 e. The number of para-hydroxylation sites is 1. The highest BCUT2D eigenvalue weighted by Gasteiger charge is 2.25. The molecule has 1 aromatic heterocycles. The van der Waals surface area contributed by atoms with Crippen LogP contribution in [0.5, 0.6) is 0 Å². The van der Waals surface area contributed by atoms with Gasteiger partial charge in [-0.2, -0.15) is 0 Å². The summed E-state index contributed by atoms with van der Waals surface area (Å²) in [6.07, 6.45) is 0. The quantitative estimate of drug-likeness (QED) is 0.376. The molecular formula is C22H23BrN4O2S. The van der Waals surface area contributed by atoms with Gasteiger partial charge in [0.2, 0.25) is 5.95 Å². The molecule has 2 aromatic carbocycles. The Bertz CT molecular complexity index is 1030. The maximum absolute atomic E-state index is 13.0. The Morgan fingerprint density at radius 3 is 2.50 bits per heavy atom. The number of benzene rings is 2. The van der Waals surface area contributed by atoms with Gasteiger partial charge >= 0.3 is 0 Å². The molecule has 0 amide bonds. The first-order valence-electron chi connectivity index (χ1n) is 9.85. The molecule has 1 saturated heterocycles. The first-order chi connectivity index (χ1) is 14.5. The summed E-state index contributed by atoms with van der Waals surface area (Å²) in [5.74, 6) is 0.859. The van der Waals surface area contributed by atoms with Crippen molar-refractivity contribution in [2.45, 2.75) is 24.3 Å². The maximum atomic E-state index is 13.0. The van der Waals surface area contributed by atoms with E-state index in [1.54, 1.807) is 0 Å². The lowest BCUT2D eigenvalue weighted by molar-refractivity contribution is 0.0994. The number of ether oxygens (including phenoxy) is 1. The Balaban J connectivity index is 1.67. The lowest BCUT2D eigenvalue weighted by atomic mass is 10.1.